The Morgan fingerprint density at radius 1 is 1.24 bits per heavy atom. The molecular weight excluding hydrogens is 239 g/mol. The molecule has 0 bridgehead atoms. The monoisotopic (exact) mass is 246 g/mol. The van der Waals surface area contributed by atoms with Crippen LogP contribution in [0.3, 0.4) is 0 Å². The van der Waals surface area contributed by atoms with Gasteiger partial charge in [-0.05, 0) is 23.6 Å². The number of hydrogen-bond acceptors (Lipinski definition) is 5. The largest absolute Gasteiger partial charge is 0.383 e. The molecule has 0 saturated carbocycles. The Morgan fingerprint density at radius 3 is 2.94 bits per heavy atom. The Morgan fingerprint density at radius 2 is 2.12 bits per heavy atom. The third-order valence-corrected chi connectivity index (χ3v) is 3.13. The molecule has 3 heterocycles. The summed E-state index contributed by atoms with van der Waals surface area (Å²) >= 11 is 1.43. The van der Waals surface area contributed by atoms with Crippen LogP contribution < -0.4 is 5.73 Å². The lowest BCUT2D eigenvalue weighted by molar-refractivity contribution is 0.624. The Hall–Kier alpha value is -2.08. The number of halogens is 1. The van der Waals surface area contributed by atoms with Gasteiger partial charge in [-0.3, -0.25) is 0 Å². The third kappa shape index (κ3) is 1.62. The van der Waals surface area contributed by atoms with Crippen LogP contribution in [-0.2, 0) is 0 Å². The van der Waals surface area contributed by atoms with Crippen LogP contribution in [-0.4, -0.2) is 15.0 Å². The zero-order chi connectivity index (χ0) is 11.8. The van der Waals surface area contributed by atoms with Crippen molar-refractivity contribution in [2.45, 2.75) is 0 Å². The van der Waals surface area contributed by atoms with Gasteiger partial charge in [-0.25, -0.2) is 19.3 Å². The van der Waals surface area contributed by atoms with Crippen LogP contribution in [0.25, 0.3) is 21.7 Å². The Labute approximate surface area is 100.0 Å². The van der Waals surface area contributed by atoms with E-state index >= 15 is 0 Å². The molecule has 4 nitrogen and oxygen atoms in total. The summed E-state index contributed by atoms with van der Waals surface area (Å²) in [5.74, 6) is 0.106. The normalized spacial score (nSPS) is 10.9. The van der Waals surface area contributed by atoms with Crippen LogP contribution in [0.1, 0.15) is 0 Å². The highest BCUT2D eigenvalue weighted by molar-refractivity contribution is 7.16. The minimum atomic E-state index is -0.456. The molecule has 0 saturated heterocycles. The molecule has 0 aliphatic carbocycles. The van der Waals surface area contributed by atoms with Gasteiger partial charge in [0, 0.05) is 6.20 Å². The van der Waals surface area contributed by atoms with Gasteiger partial charge >= 0.3 is 0 Å². The quantitative estimate of drug-likeness (QED) is 0.716. The molecule has 0 aromatic carbocycles. The average Bonchev–Trinajstić information content (AvgIpc) is 2.78. The Kier molecular flexibility index (Phi) is 2.22. The number of nitrogens with two attached hydrogens (primary N) is 1. The van der Waals surface area contributed by atoms with Gasteiger partial charge in [0.1, 0.15) is 16.3 Å². The minimum Gasteiger partial charge on any atom is -0.383 e. The number of nitrogens with zero attached hydrogens (tertiary/aromatic N) is 3. The predicted molar refractivity (Wildman–Crippen MR) is 65.0 cm³/mol. The van der Waals surface area contributed by atoms with E-state index in [1.807, 2.05) is 11.4 Å². The topological polar surface area (TPSA) is 64.7 Å². The highest BCUT2D eigenvalue weighted by Gasteiger charge is 2.12. The van der Waals surface area contributed by atoms with Gasteiger partial charge in [-0.1, -0.05) is 0 Å². The first-order valence-corrected chi connectivity index (χ1v) is 5.75. The van der Waals surface area contributed by atoms with Gasteiger partial charge in [0.25, 0.3) is 0 Å². The van der Waals surface area contributed by atoms with E-state index in [0.29, 0.717) is 5.82 Å². The van der Waals surface area contributed by atoms with Gasteiger partial charge in [-0.2, -0.15) is 0 Å². The first kappa shape index (κ1) is 10.1. The SMILES string of the molecule is Nc1nc(-c2ncccc2F)nc2sccc12. The van der Waals surface area contributed by atoms with E-state index in [1.165, 1.54) is 29.7 Å². The number of rotatable bonds is 1. The molecule has 6 heteroatoms. The standard InChI is InChI=1S/C11H7FN4S/c12-7-2-1-4-14-8(7)10-15-9(13)6-3-5-17-11(6)16-10/h1-5H,(H2,13,15,16). The Bertz CT molecular complexity index is 695. The van der Waals surface area contributed by atoms with Crippen LogP contribution in [0, 0.1) is 5.82 Å². The van der Waals surface area contributed by atoms with E-state index in [1.54, 1.807) is 0 Å². The summed E-state index contributed by atoms with van der Waals surface area (Å²) in [5.41, 5.74) is 5.91. The molecule has 0 atom stereocenters. The Balaban J connectivity index is 2.28. The molecule has 84 valence electrons. The molecule has 0 unspecified atom stereocenters. The first-order chi connectivity index (χ1) is 8.25. The molecule has 0 aliphatic rings. The van der Waals surface area contributed by atoms with Crippen molar-refractivity contribution < 1.29 is 4.39 Å². The summed E-state index contributed by atoms with van der Waals surface area (Å²) < 4.78 is 13.6. The summed E-state index contributed by atoms with van der Waals surface area (Å²) in [6, 6.07) is 4.68. The van der Waals surface area contributed by atoms with Crippen molar-refractivity contribution in [2.75, 3.05) is 5.73 Å². The van der Waals surface area contributed by atoms with E-state index in [0.717, 1.165) is 10.2 Å². The van der Waals surface area contributed by atoms with Crippen LogP contribution in [0.4, 0.5) is 10.2 Å². The average molecular weight is 246 g/mol. The molecule has 3 aromatic rings. The fourth-order valence-electron chi connectivity index (χ4n) is 1.53. The number of pyridine rings is 1. The second-order valence-electron chi connectivity index (χ2n) is 3.41. The second kappa shape index (κ2) is 3.74. The molecule has 0 fully saturated rings. The number of nitrogen functional groups attached to an aromatic ring is 1. The number of fused-ring (bicyclic) bond motifs is 1. The molecule has 3 aromatic heterocycles. The lowest BCUT2D eigenvalue weighted by Crippen LogP contribution is -1.99. The molecule has 0 aliphatic heterocycles. The van der Waals surface area contributed by atoms with Crippen molar-refractivity contribution in [2.24, 2.45) is 0 Å². The molecular formula is C11H7FN4S. The number of hydrogen-bond donors (Lipinski definition) is 1. The maximum atomic E-state index is 13.6. The summed E-state index contributed by atoms with van der Waals surface area (Å²) in [5, 5.41) is 2.66. The van der Waals surface area contributed by atoms with Crippen molar-refractivity contribution in [1.29, 1.82) is 0 Å². The van der Waals surface area contributed by atoms with Gasteiger partial charge in [0.2, 0.25) is 0 Å². The van der Waals surface area contributed by atoms with E-state index in [2.05, 4.69) is 15.0 Å². The highest BCUT2D eigenvalue weighted by Crippen LogP contribution is 2.26. The van der Waals surface area contributed by atoms with Crippen molar-refractivity contribution in [3.63, 3.8) is 0 Å². The van der Waals surface area contributed by atoms with Crippen molar-refractivity contribution in [3.05, 3.63) is 35.6 Å². The van der Waals surface area contributed by atoms with Crippen LogP contribution in [0.15, 0.2) is 29.8 Å². The molecule has 2 N–H and O–H groups in total. The molecule has 3 rings (SSSR count). The van der Waals surface area contributed by atoms with Gasteiger partial charge < -0.3 is 5.73 Å². The van der Waals surface area contributed by atoms with Gasteiger partial charge in [0.15, 0.2) is 11.6 Å². The van der Waals surface area contributed by atoms with Crippen molar-refractivity contribution >= 4 is 27.4 Å². The smallest absolute Gasteiger partial charge is 0.184 e. The maximum absolute atomic E-state index is 13.6. The fraction of sp³-hybridized carbons (Fsp3) is 0. The first-order valence-electron chi connectivity index (χ1n) is 4.87. The van der Waals surface area contributed by atoms with E-state index < -0.39 is 5.82 Å². The second-order valence-corrected chi connectivity index (χ2v) is 4.30. The zero-order valence-electron chi connectivity index (χ0n) is 8.59. The van der Waals surface area contributed by atoms with Crippen molar-refractivity contribution in [1.82, 2.24) is 15.0 Å². The molecule has 0 spiro atoms. The van der Waals surface area contributed by atoms with Crippen molar-refractivity contribution in [3.8, 4) is 11.5 Å². The highest BCUT2D eigenvalue weighted by atomic mass is 32.1. The minimum absolute atomic E-state index is 0.120. The summed E-state index contributed by atoms with van der Waals surface area (Å²) in [6.07, 6.45) is 1.50. The number of anilines is 1. The maximum Gasteiger partial charge on any atom is 0.184 e. The number of thiophene rings is 1. The van der Waals surface area contributed by atoms with E-state index in [-0.39, 0.29) is 11.5 Å². The van der Waals surface area contributed by atoms with Crippen LogP contribution in [0.5, 0.6) is 0 Å². The fourth-order valence-corrected chi connectivity index (χ4v) is 2.31. The van der Waals surface area contributed by atoms with E-state index in [9.17, 15) is 4.39 Å². The van der Waals surface area contributed by atoms with Crippen LogP contribution in [0.2, 0.25) is 0 Å². The predicted octanol–water partition coefficient (Wildman–Crippen LogP) is 2.47. The zero-order valence-corrected chi connectivity index (χ0v) is 9.41. The summed E-state index contributed by atoms with van der Waals surface area (Å²) in [7, 11) is 0. The van der Waals surface area contributed by atoms with Crippen LogP contribution >= 0.6 is 11.3 Å². The molecule has 0 amide bonds. The van der Waals surface area contributed by atoms with Gasteiger partial charge in [-0.15, -0.1) is 11.3 Å². The lowest BCUT2D eigenvalue weighted by Gasteiger charge is -2.02. The number of aromatic nitrogens is 3. The summed E-state index contributed by atoms with van der Waals surface area (Å²) in [4.78, 5) is 13.0. The molecule has 0 radical (unpaired) electrons. The van der Waals surface area contributed by atoms with E-state index in [4.69, 9.17) is 5.73 Å². The summed E-state index contributed by atoms with van der Waals surface area (Å²) in [6.45, 7) is 0. The van der Waals surface area contributed by atoms with Gasteiger partial charge in [0.05, 0.1) is 5.39 Å². The molecule has 17 heavy (non-hydrogen) atoms. The lowest BCUT2D eigenvalue weighted by atomic mass is 10.3. The third-order valence-electron chi connectivity index (χ3n) is 2.32.